The van der Waals surface area contributed by atoms with Gasteiger partial charge in [0, 0.05) is 0 Å². The third-order valence-corrected chi connectivity index (χ3v) is 7.46. The van der Waals surface area contributed by atoms with Crippen molar-refractivity contribution in [3.63, 3.8) is 0 Å². The van der Waals surface area contributed by atoms with E-state index in [-0.39, 0.29) is 11.7 Å². The highest BCUT2D eigenvalue weighted by molar-refractivity contribution is 5.41. The smallest absolute Gasteiger partial charge is 0.403 e. The number of rotatable bonds is 6. The first-order chi connectivity index (χ1) is 15.7. The zero-order chi connectivity index (χ0) is 23.6. The minimum atomic E-state index is -4.94. The largest absolute Gasteiger partial charge is 0.573 e. The lowest BCUT2D eigenvalue weighted by atomic mass is 9.76. The molecule has 1 nitrogen and oxygen atoms in total. The summed E-state index contributed by atoms with van der Waals surface area (Å²) in [6.07, 6.45) is 4.94. The van der Waals surface area contributed by atoms with Crippen LogP contribution in [-0.2, 0) is 12.8 Å². The van der Waals surface area contributed by atoms with Gasteiger partial charge in [-0.15, -0.1) is 13.2 Å². The summed E-state index contributed by atoms with van der Waals surface area (Å²) in [5.41, 5.74) is 2.91. The van der Waals surface area contributed by atoms with Gasteiger partial charge in [0.1, 0.15) is 5.82 Å². The molecule has 0 aromatic heterocycles. The number of hydrogen-bond acceptors (Lipinski definition) is 1. The maximum Gasteiger partial charge on any atom is 0.573 e. The quantitative estimate of drug-likeness (QED) is 0.387. The molecule has 0 aliphatic heterocycles. The topological polar surface area (TPSA) is 9.23 Å². The molecular formula is C27H31F5O. The number of halogens is 5. The fourth-order valence-corrected chi connectivity index (χ4v) is 5.63. The van der Waals surface area contributed by atoms with Crippen LogP contribution in [0.15, 0.2) is 30.3 Å². The second-order valence-corrected chi connectivity index (χ2v) is 9.68. The highest BCUT2D eigenvalue weighted by Crippen LogP contribution is 2.41. The van der Waals surface area contributed by atoms with E-state index in [2.05, 4.69) is 11.7 Å². The minimum absolute atomic E-state index is 0.120. The van der Waals surface area contributed by atoms with Gasteiger partial charge in [0.25, 0.3) is 0 Å². The molecular weight excluding hydrogens is 435 g/mol. The molecule has 0 saturated heterocycles. The van der Waals surface area contributed by atoms with Gasteiger partial charge in [-0.05, 0) is 103 Å². The van der Waals surface area contributed by atoms with Gasteiger partial charge in [0.15, 0.2) is 11.6 Å². The van der Waals surface area contributed by atoms with Gasteiger partial charge in [-0.2, -0.15) is 0 Å². The molecule has 2 aromatic carbocycles. The van der Waals surface area contributed by atoms with E-state index in [1.165, 1.54) is 32.1 Å². The summed E-state index contributed by atoms with van der Waals surface area (Å²) in [6.45, 7) is 2.22. The molecule has 0 radical (unpaired) electrons. The zero-order valence-electron chi connectivity index (χ0n) is 19.0. The Balaban J connectivity index is 1.43. The summed E-state index contributed by atoms with van der Waals surface area (Å²) in [5, 5.41) is 0. The SMILES string of the molecule is CCCCC1CCC(c2ccc(C3CCc4cc(OC(F)(F)F)c(F)cc4C3)c(F)c2)CC1. The Hall–Kier alpha value is -2.11. The van der Waals surface area contributed by atoms with E-state index < -0.39 is 17.9 Å². The van der Waals surface area contributed by atoms with Crippen LogP contribution in [0.5, 0.6) is 5.75 Å². The lowest BCUT2D eigenvalue weighted by molar-refractivity contribution is -0.275. The molecule has 1 saturated carbocycles. The van der Waals surface area contributed by atoms with Gasteiger partial charge < -0.3 is 4.74 Å². The highest BCUT2D eigenvalue weighted by Gasteiger charge is 2.33. The average molecular weight is 467 g/mol. The molecule has 1 unspecified atom stereocenters. The van der Waals surface area contributed by atoms with Crippen molar-refractivity contribution in [2.75, 3.05) is 0 Å². The molecule has 2 aliphatic carbocycles. The molecule has 1 fully saturated rings. The zero-order valence-corrected chi connectivity index (χ0v) is 19.0. The van der Waals surface area contributed by atoms with Crippen LogP contribution in [-0.4, -0.2) is 6.36 Å². The van der Waals surface area contributed by atoms with E-state index in [1.807, 2.05) is 12.1 Å². The van der Waals surface area contributed by atoms with E-state index in [0.717, 1.165) is 36.5 Å². The third-order valence-electron chi connectivity index (χ3n) is 7.46. The van der Waals surface area contributed by atoms with Crippen LogP contribution < -0.4 is 4.74 Å². The maximum absolute atomic E-state index is 15.1. The van der Waals surface area contributed by atoms with Crippen molar-refractivity contribution in [2.45, 2.75) is 89.3 Å². The summed E-state index contributed by atoms with van der Waals surface area (Å²) < 4.78 is 70.5. The predicted molar refractivity (Wildman–Crippen MR) is 118 cm³/mol. The van der Waals surface area contributed by atoms with Crippen LogP contribution in [0.2, 0.25) is 0 Å². The van der Waals surface area contributed by atoms with Crippen molar-refractivity contribution >= 4 is 0 Å². The number of aryl methyl sites for hydroxylation is 1. The molecule has 180 valence electrons. The predicted octanol–water partition coefficient (Wildman–Crippen LogP) is 8.60. The summed E-state index contributed by atoms with van der Waals surface area (Å²) in [7, 11) is 0. The molecule has 0 spiro atoms. The standard InChI is InChI=1S/C27H31F5O/c1-2-3-4-17-5-7-18(8-6-17)19-11-12-23(24(28)14-19)21-10-9-20-16-26(33-27(30,31)32)25(29)15-22(20)13-21/h11-12,14-18,21H,2-10,13H2,1H3. The average Bonchev–Trinajstić information content (AvgIpc) is 2.77. The van der Waals surface area contributed by atoms with Crippen molar-refractivity contribution in [2.24, 2.45) is 5.92 Å². The lowest BCUT2D eigenvalue weighted by Crippen LogP contribution is -2.20. The second kappa shape index (κ2) is 10.0. The van der Waals surface area contributed by atoms with Gasteiger partial charge in [-0.1, -0.05) is 38.3 Å². The van der Waals surface area contributed by atoms with Crippen molar-refractivity contribution in [1.29, 1.82) is 0 Å². The van der Waals surface area contributed by atoms with Gasteiger partial charge in [0.05, 0.1) is 0 Å². The molecule has 33 heavy (non-hydrogen) atoms. The van der Waals surface area contributed by atoms with Crippen molar-refractivity contribution in [1.82, 2.24) is 0 Å². The number of ether oxygens (including phenoxy) is 1. The number of alkyl halides is 3. The van der Waals surface area contributed by atoms with E-state index in [9.17, 15) is 17.6 Å². The molecule has 0 bridgehead atoms. The number of benzene rings is 2. The van der Waals surface area contributed by atoms with Crippen LogP contribution in [0.25, 0.3) is 0 Å². The molecule has 1 atom stereocenters. The minimum Gasteiger partial charge on any atom is -0.403 e. The summed E-state index contributed by atoms with van der Waals surface area (Å²) in [4.78, 5) is 0. The Morgan fingerprint density at radius 3 is 2.30 bits per heavy atom. The van der Waals surface area contributed by atoms with Gasteiger partial charge in [-0.3, -0.25) is 0 Å². The number of hydrogen-bond donors (Lipinski definition) is 0. The molecule has 2 aromatic rings. The fourth-order valence-electron chi connectivity index (χ4n) is 5.63. The number of fused-ring (bicyclic) bond motifs is 1. The highest BCUT2D eigenvalue weighted by atomic mass is 19.4. The second-order valence-electron chi connectivity index (χ2n) is 9.68. The first-order valence-electron chi connectivity index (χ1n) is 12.1. The molecule has 0 N–H and O–H groups in total. The van der Waals surface area contributed by atoms with E-state index in [4.69, 9.17) is 0 Å². The third kappa shape index (κ3) is 5.88. The van der Waals surface area contributed by atoms with E-state index >= 15 is 4.39 Å². The lowest BCUT2D eigenvalue weighted by Gasteiger charge is -2.30. The normalized spacial score (nSPS) is 23.3. The molecule has 0 heterocycles. The van der Waals surface area contributed by atoms with Gasteiger partial charge in [0.2, 0.25) is 0 Å². The molecule has 6 heteroatoms. The summed E-state index contributed by atoms with van der Waals surface area (Å²) >= 11 is 0. The molecule has 0 amide bonds. The van der Waals surface area contributed by atoms with Gasteiger partial charge in [-0.25, -0.2) is 8.78 Å². The number of unbranched alkanes of at least 4 members (excludes halogenated alkanes) is 1. The van der Waals surface area contributed by atoms with Crippen molar-refractivity contribution in [3.05, 3.63) is 64.2 Å². The fraction of sp³-hybridized carbons (Fsp3) is 0.556. The van der Waals surface area contributed by atoms with Crippen molar-refractivity contribution in [3.8, 4) is 5.75 Å². The van der Waals surface area contributed by atoms with Crippen LogP contribution >= 0.6 is 0 Å². The first kappa shape index (κ1) is 24.0. The monoisotopic (exact) mass is 466 g/mol. The van der Waals surface area contributed by atoms with Gasteiger partial charge >= 0.3 is 6.36 Å². The summed E-state index contributed by atoms with van der Waals surface area (Å²) in [5.74, 6) is -0.997. The first-order valence-corrected chi connectivity index (χ1v) is 12.1. The van der Waals surface area contributed by atoms with Crippen LogP contribution in [0.3, 0.4) is 0 Å². The molecule has 2 aliphatic rings. The Morgan fingerprint density at radius 2 is 1.64 bits per heavy atom. The van der Waals surface area contributed by atoms with Crippen LogP contribution in [0.1, 0.15) is 92.4 Å². The van der Waals surface area contributed by atoms with E-state index in [0.29, 0.717) is 41.9 Å². The van der Waals surface area contributed by atoms with E-state index in [1.54, 1.807) is 6.07 Å². The van der Waals surface area contributed by atoms with Crippen LogP contribution in [0, 0.1) is 17.6 Å². The summed E-state index contributed by atoms with van der Waals surface area (Å²) in [6, 6.07) is 7.80. The Bertz CT molecular complexity index is 960. The van der Waals surface area contributed by atoms with Crippen molar-refractivity contribution < 1.29 is 26.7 Å². The Labute approximate surface area is 192 Å². The Kier molecular flexibility index (Phi) is 7.30. The molecule has 4 rings (SSSR count). The Morgan fingerprint density at radius 1 is 0.879 bits per heavy atom. The maximum atomic E-state index is 15.1. The van der Waals surface area contributed by atoms with Crippen LogP contribution in [0.4, 0.5) is 22.0 Å².